The van der Waals surface area contributed by atoms with E-state index in [1.165, 1.54) is 0 Å². The first-order chi connectivity index (χ1) is 12.3. The summed E-state index contributed by atoms with van der Waals surface area (Å²) in [4.78, 5) is 29.1. The van der Waals surface area contributed by atoms with Crippen molar-refractivity contribution in [3.05, 3.63) is 66.4 Å². The van der Waals surface area contributed by atoms with E-state index < -0.39 is 0 Å². The molecule has 7 nitrogen and oxygen atoms in total. The topological polar surface area (TPSA) is 92.7 Å². The Labute approximate surface area is 145 Å². The summed E-state index contributed by atoms with van der Waals surface area (Å²) in [5.41, 5.74) is 2.14. The van der Waals surface area contributed by atoms with Crippen LogP contribution in [0.5, 0.6) is 0 Å². The minimum atomic E-state index is -0.196. The van der Waals surface area contributed by atoms with E-state index >= 15 is 0 Å². The van der Waals surface area contributed by atoms with Crippen LogP contribution in [0.2, 0.25) is 0 Å². The molecule has 0 saturated heterocycles. The van der Waals surface area contributed by atoms with Crippen LogP contribution in [0.15, 0.2) is 55.0 Å². The van der Waals surface area contributed by atoms with Gasteiger partial charge in [-0.3, -0.25) is 14.8 Å². The Balaban J connectivity index is 1.69. The average Bonchev–Trinajstić information content (AvgIpc) is 2.69. The molecule has 126 valence electrons. The molecule has 0 saturated carbocycles. The van der Waals surface area contributed by atoms with Gasteiger partial charge in [0.25, 0.3) is 5.91 Å². The molecule has 0 aliphatic carbocycles. The van der Waals surface area contributed by atoms with Crippen molar-refractivity contribution in [2.45, 2.75) is 6.42 Å². The molecule has 3 aromatic rings. The molecule has 3 aromatic heterocycles. The highest BCUT2D eigenvalue weighted by molar-refractivity contribution is 5.92. The van der Waals surface area contributed by atoms with Gasteiger partial charge in [0, 0.05) is 55.9 Å². The van der Waals surface area contributed by atoms with E-state index in [2.05, 4.69) is 30.6 Å². The van der Waals surface area contributed by atoms with Crippen molar-refractivity contribution in [1.29, 1.82) is 0 Å². The van der Waals surface area contributed by atoms with Gasteiger partial charge in [-0.25, -0.2) is 9.97 Å². The Morgan fingerprint density at radius 1 is 1.08 bits per heavy atom. The SMILES string of the molecule is CNc1cc(CCNC(=O)c2ccccn2)nc(-c2ccncc2)n1. The van der Waals surface area contributed by atoms with Crippen LogP contribution in [0.25, 0.3) is 11.4 Å². The minimum absolute atomic E-state index is 0.196. The fourth-order valence-electron chi connectivity index (χ4n) is 2.28. The Hall–Kier alpha value is -3.35. The second-order valence-electron chi connectivity index (χ2n) is 5.27. The Morgan fingerprint density at radius 3 is 2.64 bits per heavy atom. The molecule has 0 radical (unpaired) electrons. The first-order valence-electron chi connectivity index (χ1n) is 7.91. The van der Waals surface area contributed by atoms with E-state index in [9.17, 15) is 4.79 Å². The number of carbonyl (C=O) groups excluding carboxylic acids is 1. The highest BCUT2D eigenvalue weighted by Gasteiger charge is 2.08. The quantitative estimate of drug-likeness (QED) is 0.716. The van der Waals surface area contributed by atoms with Crippen LogP contribution in [0.4, 0.5) is 5.82 Å². The van der Waals surface area contributed by atoms with Gasteiger partial charge in [0.15, 0.2) is 5.82 Å². The maximum Gasteiger partial charge on any atom is 0.269 e. The zero-order valence-corrected chi connectivity index (χ0v) is 13.8. The number of pyridine rings is 2. The van der Waals surface area contributed by atoms with Gasteiger partial charge in [0.05, 0.1) is 0 Å². The lowest BCUT2D eigenvalue weighted by Gasteiger charge is -2.09. The standard InChI is InChI=1S/C18H18N6O/c1-19-16-12-14(23-17(24-16)13-5-9-20-10-6-13)7-11-22-18(25)15-4-2-3-8-21-15/h2-6,8-10,12H,7,11H2,1H3,(H,22,25)(H,19,23,24). The number of aromatic nitrogens is 4. The van der Waals surface area contributed by atoms with Crippen LogP contribution < -0.4 is 10.6 Å². The largest absolute Gasteiger partial charge is 0.373 e. The lowest BCUT2D eigenvalue weighted by atomic mass is 10.2. The molecule has 0 aromatic carbocycles. The lowest BCUT2D eigenvalue weighted by molar-refractivity contribution is 0.0949. The van der Waals surface area contributed by atoms with Crippen molar-refractivity contribution in [3.63, 3.8) is 0 Å². The third-order valence-corrected chi connectivity index (χ3v) is 3.54. The Morgan fingerprint density at radius 2 is 1.92 bits per heavy atom. The Bertz CT molecular complexity index is 839. The lowest BCUT2D eigenvalue weighted by Crippen LogP contribution is -2.26. The summed E-state index contributed by atoms with van der Waals surface area (Å²) < 4.78 is 0. The summed E-state index contributed by atoms with van der Waals surface area (Å²) in [6.45, 7) is 0.464. The normalized spacial score (nSPS) is 10.3. The molecular weight excluding hydrogens is 316 g/mol. The van der Waals surface area contributed by atoms with Crippen molar-refractivity contribution in [1.82, 2.24) is 25.3 Å². The van der Waals surface area contributed by atoms with Crippen molar-refractivity contribution in [2.75, 3.05) is 18.9 Å². The molecule has 0 bridgehead atoms. The molecule has 3 rings (SSSR count). The van der Waals surface area contributed by atoms with Gasteiger partial charge in [0.2, 0.25) is 0 Å². The molecule has 0 aliphatic rings. The zero-order valence-electron chi connectivity index (χ0n) is 13.8. The summed E-state index contributed by atoms with van der Waals surface area (Å²) in [5, 5.41) is 5.89. The first-order valence-corrected chi connectivity index (χ1v) is 7.91. The fourth-order valence-corrected chi connectivity index (χ4v) is 2.28. The number of nitrogens with one attached hydrogen (secondary N) is 2. The monoisotopic (exact) mass is 334 g/mol. The second-order valence-corrected chi connectivity index (χ2v) is 5.27. The van der Waals surface area contributed by atoms with Gasteiger partial charge in [-0.1, -0.05) is 6.07 Å². The highest BCUT2D eigenvalue weighted by Crippen LogP contribution is 2.17. The second kappa shape index (κ2) is 7.96. The molecule has 0 fully saturated rings. The number of hydrogen-bond donors (Lipinski definition) is 2. The summed E-state index contributed by atoms with van der Waals surface area (Å²) >= 11 is 0. The van der Waals surface area contributed by atoms with Gasteiger partial charge in [-0.2, -0.15) is 0 Å². The van der Waals surface area contributed by atoms with Crippen molar-refractivity contribution >= 4 is 11.7 Å². The van der Waals surface area contributed by atoms with Gasteiger partial charge < -0.3 is 10.6 Å². The summed E-state index contributed by atoms with van der Waals surface area (Å²) in [6.07, 6.45) is 5.60. The van der Waals surface area contributed by atoms with Gasteiger partial charge in [0.1, 0.15) is 11.5 Å². The molecule has 25 heavy (non-hydrogen) atoms. The molecule has 0 atom stereocenters. The fraction of sp³-hybridized carbons (Fsp3) is 0.167. The average molecular weight is 334 g/mol. The van der Waals surface area contributed by atoms with Crippen LogP contribution in [0.3, 0.4) is 0 Å². The molecule has 2 N–H and O–H groups in total. The van der Waals surface area contributed by atoms with E-state index in [1.807, 2.05) is 25.2 Å². The van der Waals surface area contributed by atoms with E-state index in [1.54, 1.807) is 36.8 Å². The number of rotatable bonds is 6. The maximum atomic E-state index is 12.0. The van der Waals surface area contributed by atoms with E-state index in [0.29, 0.717) is 24.5 Å². The number of anilines is 1. The van der Waals surface area contributed by atoms with Crippen LogP contribution in [0, 0.1) is 0 Å². The highest BCUT2D eigenvalue weighted by atomic mass is 16.1. The smallest absolute Gasteiger partial charge is 0.269 e. The van der Waals surface area contributed by atoms with Crippen molar-refractivity contribution < 1.29 is 4.79 Å². The molecule has 1 amide bonds. The third-order valence-electron chi connectivity index (χ3n) is 3.54. The van der Waals surface area contributed by atoms with Crippen LogP contribution >= 0.6 is 0 Å². The molecule has 3 heterocycles. The molecule has 7 heteroatoms. The number of nitrogens with zero attached hydrogens (tertiary/aromatic N) is 4. The first kappa shape index (κ1) is 16.5. The number of hydrogen-bond acceptors (Lipinski definition) is 6. The van der Waals surface area contributed by atoms with Crippen molar-refractivity contribution in [3.8, 4) is 11.4 Å². The molecular formula is C18H18N6O. The predicted molar refractivity (Wildman–Crippen MR) is 95.1 cm³/mol. The number of carbonyl (C=O) groups is 1. The predicted octanol–water partition coefficient (Wildman–Crippen LogP) is 1.95. The van der Waals surface area contributed by atoms with Crippen LogP contribution in [-0.4, -0.2) is 39.4 Å². The van der Waals surface area contributed by atoms with Gasteiger partial charge >= 0.3 is 0 Å². The van der Waals surface area contributed by atoms with Crippen LogP contribution in [0.1, 0.15) is 16.2 Å². The summed E-state index contributed by atoms with van der Waals surface area (Å²) in [7, 11) is 1.81. The molecule has 0 spiro atoms. The number of amides is 1. The van der Waals surface area contributed by atoms with E-state index in [0.717, 1.165) is 17.1 Å². The Kier molecular flexibility index (Phi) is 5.26. The molecule has 0 unspecified atom stereocenters. The summed E-state index contributed by atoms with van der Waals surface area (Å²) in [6, 6.07) is 10.8. The summed E-state index contributed by atoms with van der Waals surface area (Å²) in [5.74, 6) is 1.16. The van der Waals surface area contributed by atoms with Crippen molar-refractivity contribution in [2.24, 2.45) is 0 Å². The van der Waals surface area contributed by atoms with Gasteiger partial charge in [-0.15, -0.1) is 0 Å². The van der Waals surface area contributed by atoms with E-state index in [-0.39, 0.29) is 5.91 Å². The third kappa shape index (κ3) is 4.35. The maximum absolute atomic E-state index is 12.0. The van der Waals surface area contributed by atoms with Gasteiger partial charge in [-0.05, 0) is 24.3 Å². The zero-order chi connectivity index (χ0) is 17.5. The minimum Gasteiger partial charge on any atom is -0.373 e. The van der Waals surface area contributed by atoms with E-state index in [4.69, 9.17) is 0 Å². The van der Waals surface area contributed by atoms with Crippen LogP contribution in [-0.2, 0) is 6.42 Å². The molecule has 0 aliphatic heterocycles.